The van der Waals surface area contributed by atoms with Gasteiger partial charge in [-0.2, -0.15) is 0 Å². The van der Waals surface area contributed by atoms with E-state index in [4.69, 9.17) is 9.73 Å². The van der Waals surface area contributed by atoms with Crippen LogP contribution in [0.5, 0.6) is 0 Å². The number of carbonyl (C=O) groups excluding carboxylic acids is 2. The van der Waals surface area contributed by atoms with Crippen molar-refractivity contribution in [2.24, 2.45) is 10.9 Å². The summed E-state index contributed by atoms with van der Waals surface area (Å²) in [6.07, 6.45) is 6.94. The van der Waals surface area contributed by atoms with Gasteiger partial charge in [0.15, 0.2) is 0 Å². The predicted octanol–water partition coefficient (Wildman–Crippen LogP) is 1.89. The number of hydrogen-bond donors (Lipinski definition) is 0. The third-order valence-electron chi connectivity index (χ3n) is 7.61. The number of methoxy groups -OCH3 is 1. The number of pyridine rings is 1. The van der Waals surface area contributed by atoms with Crippen molar-refractivity contribution in [2.45, 2.75) is 65.0 Å². The van der Waals surface area contributed by atoms with Crippen LogP contribution in [-0.4, -0.2) is 69.9 Å². The number of ether oxygens (including phenoxy) is 1. The smallest absolute Gasteiger partial charge is 0.332 e. The van der Waals surface area contributed by atoms with Crippen molar-refractivity contribution < 1.29 is 14.3 Å². The van der Waals surface area contributed by atoms with Crippen LogP contribution in [0.15, 0.2) is 32.9 Å². The van der Waals surface area contributed by atoms with E-state index in [1.54, 1.807) is 21.7 Å². The van der Waals surface area contributed by atoms with E-state index < -0.39 is 0 Å². The minimum atomic E-state index is -0.377. The lowest BCUT2D eigenvalue weighted by atomic mass is 10.1. The molecule has 0 unspecified atom stereocenters. The molecule has 0 N–H and O–H groups in total. The molecule has 2 aromatic heterocycles. The molecule has 1 saturated carbocycles. The maximum absolute atomic E-state index is 13.2. The van der Waals surface area contributed by atoms with Gasteiger partial charge in [0.2, 0.25) is 11.8 Å². The zero-order valence-corrected chi connectivity index (χ0v) is 22.7. The third-order valence-corrected chi connectivity index (χ3v) is 7.61. The Labute approximate surface area is 227 Å². The van der Waals surface area contributed by atoms with Crippen molar-refractivity contribution in [3.63, 3.8) is 0 Å². The van der Waals surface area contributed by atoms with Gasteiger partial charge in [-0.15, -0.1) is 0 Å². The first kappa shape index (κ1) is 27.0. The SMILES string of the molecule is CCCn1c2c(c(=O)n(CCOC)c1=O)CC(c1ccc(N(CCN3CCCCC3=O)C(=O)C3CC3)nc1)=N2. The number of carbonyl (C=O) groups is 2. The molecule has 4 heterocycles. The van der Waals surface area contributed by atoms with Crippen LogP contribution >= 0.6 is 0 Å². The van der Waals surface area contributed by atoms with Gasteiger partial charge in [-0.3, -0.25) is 28.4 Å². The summed E-state index contributed by atoms with van der Waals surface area (Å²) in [7, 11) is 1.54. The number of amides is 2. The molecule has 0 atom stereocenters. The Morgan fingerprint density at radius 1 is 1.10 bits per heavy atom. The van der Waals surface area contributed by atoms with Gasteiger partial charge in [0.25, 0.3) is 5.56 Å². The lowest BCUT2D eigenvalue weighted by Crippen LogP contribution is -2.43. The van der Waals surface area contributed by atoms with E-state index in [0.717, 1.165) is 44.2 Å². The number of piperidine rings is 1. The Kier molecular flexibility index (Phi) is 8.06. The molecule has 0 aromatic carbocycles. The maximum atomic E-state index is 13.2. The molecule has 2 fully saturated rings. The summed E-state index contributed by atoms with van der Waals surface area (Å²) in [6, 6.07) is 3.66. The summed E-state index contributed by atoms with van der Waals surface area (Å²) in [4.78, 5) is 64.4. The number of aromatic nitrogens is 3. The van der Waals surface area contributed by atoms with Crippen LogP contribution in [0.4, 0.5) is 11.6 Å². The normalized spacial score (nSPS) is 16.8. The minimum Gasteiger partial charge on any atom is -0.383 e. The summed E-state index contributed by atoms with van der Waals surface area (Å²) in [6.45, 7) is 4.51. The van der Waals surface area contributed by atoms with Gasteiger partial charge < -0.3 is 9.64 Å². The quantitative estimate of drug-likeness (QED) is 0.433. The monoisotopic (exact) mass is 536 g/mol. The van der Waals surface area contributed by atoms with Gasteiger partial charge in [0.1, 0.15) is 11.6 Å². The Morgan fingerprint density at radius 3 is 2.59 bits per heavy atom. The number of likely N-dealkylation sites (tertiary alicyclic amines) is 1. The molecule has 2 amide bonds. The van der Waals surface area contributed by atoms with E-state index in [0.29, 0.717) is 55.4 Å². The van der Waals surface area contributed by atoms with Crippen molar-refractivity contribution in [2.75, 3.05) is 38.3 Å². The number of nitrogens with zero attached hydrogens (tertiary/aromatic N) is 6. The Balaban J connectivity index is 1.38. The first-order valence-corrected chi connectivity index (χ1v) is 13.9. The van der Waals surface area contributed by atoms with Crippen LogP contribution in [0.25, 0.3) is 0 Å². The van der Waals surface area contributed by atoms with Crippen LogP contribution in [-0.2, 0) is 33.8 Å². The molecule has 39 heavy (non-hydrogen) atoms. The fourth-order valence-electron chi connectivity index (χ4n) is 5.26. The van der Waals surface area contributed by atoms with Crippen LogP contribution in [0, 0.1) is 5.92 Å². The van der Waals surface area contributed by atoms with Gasteiger partial charge in [-0.05, 0) is 44.2 Å². The largest absolute Gasteiger partial charge is 0.383 e. The van der Waals surface area contributed by atoms with Crippen LogP contribution in [0.3, 0.4) is 0 Å². The van der Waals surface area contributed by atoms with Gasteiger partial charge in [0.05, 0.1) is 24.4 Å². The Bertz CT molecular complexity index is 1390. The van der Waals surface area contributed by atoms with Gasteiger partial charge in [-0.1, -0.05) is 6.92 Å². The summed E-state index contributed by atoms with van der Waals surface area (Å²) < 4.78 is 7.89. The van der Waals surface area contributed by atoms with Crippen LogP contribution < -0.4 is 16.1 Å². The first-order valence-electron chi connectivity index (χ1n) is 13.9. The van der Waals surface area contributed by atoms with Crippen LogP contribution in [0.2, 0.25) is 0 Å². The number of anilines is 1. The predicted molar refractivity (Wildman–Crippen MR) is 147 cm³/mol. The molecule has 1 aliphatic carbocycles. The van der Waals surface area contributed by atoms with E-state index in [1.807, 2.05) is 17.9 Å². The van der Waals surface area contributed by atoms with E-state index in [-0.39, 0.29) is 42.1 Å². The lowest BCUT2D eigenvalue weighted by Gasteiger charge is -2.30. The molecule has 5 rings (SSSR count). The van der Waals surface area contributed by atoms with Gasteiger partial charge in [-0.25, -0.2) is 14.8 Å². The van der Waals surface area contributed by atoms with Crippen LogP contribution in [0.1, 0.15) is 56.6 Å². The zero-order valence-electron chi connectivity index (χ0n) is 22.7. The first-order chi connectivity index (χ1) is 18.9. The summed E-state index contributed by atoms with van der Waals surface area (Å²) >= 11 is 0. The van der Waals surface area contributed by atoms with Crippen molar-refractivity contribution in [1.29, 1.82) is 0 Å². The standard InChI is InChI=1S/C28H36N6O5/c1-3-11-33-25-21(27(37)34(28(33)38)15-16-39-2)17-22(30-25)20-9-10-23(29-18-20)32(26(36)19-7-8-19)14-13-31-12-5-4-6-24(31)35/h9-10,18-19H,3-8,11-17H2,1-2H3. The highest BCUT2D eigenvalue weighted by atomic mass is 16.5. The van der Waals surface area contributed by atoms with E-state index in [9.17, 15) is 19.2 Å². The van der Waals surface area contributed by atoms with Crippen molar-refractivity contribution in [3.8, 4) is 0 Å². The molecule has 3 aliphatic rings. The molecule has 2 aromatic rings. The molecular weight excluding hydrogens is 500 g/mol. The topological polar surface area (TPSA) is 119 Å². The van der Waals surface area contributed by atoms with E-state index in [2.05, 4.69) is 4.98 Å². The van der Waals surface area contributed by atoms with E-state index in [1.165, 1.54) is 11.7 Å². The highest BCUT2D eigenvalue weighted by Gasteiger charge is 2.35. The fourth-order valence-corrected chi connectivity index (χ4v) is 5.26. The molecule has 1 saturated heterocycles. The second-order valence-electron chi connectivity index (χ2n) is 10.4. The van der Waals surface area contributed by atoms with Crippen molar-refractivity contribution >= 4 is 29.2 Å². The highest BCUT2D eigenvalue weighted by Crippen LogP contribution is 2.33. The highest BCUT2D eigenvalue weighted by molar-refractivity contribution is 6.06. The second-order valence-corrected chi connectivity index (χ2v) is 10.4. The molecule has 11 heteroatoms. The second kappa shape index (κ2) is 11.6. The molecule has 0 bridgehead atoms. The van der Waals surface area contributed by atoms with Crippen molar-refractivity contribution in [1.82, 2.24) is 19.0 Å². The van der Waals surface area contributed by atoms with Gasteiger partial charge >= 0.3 is 5.69 Å². The molecule has 2 aliphatic heterocycles. The number of fused-ring (bicyclic) bond motifs is 1. The van der Waals surface area contributed by atoms with E-state index >= 15 is 0 Å². The number of rotatable bonds is 11. The lowest BCUT2D eigenvalue weighted by molar-refractivity contribution is -0.133. The molecule has 11 nitrogen and oxygen atoms in total. The average molecular weight is 537 g/mol. The Morgan fingerprint density at radius 2 is 1.92 bits per heavy atom. The summed E-state index contributed by atoms with van der Waals surface area (Å²) in [5, 5.41) is 0. The molecule has 0 spiro atoms. The third kappa shape index (κ3) is 5.59. The fraction of sp³-hybridized carbons (Fsp3) is 0.571. The summed E-state index contributed by atoms with van der Waals surface area (Å²) in [5.41, 5.74) is 1.18. The number of aliphatic imine (C=N–C) groups is 1. The molecule has 208 valence electrons. The minimum absolute atomic E-state index is 0.0211. The molecular formula is C28H36N6O5. The van der Waals surface area contributed by atoms with Gasteiger partial charge in [0, 0.05) is 63.8 Å². The number of hydrogen-bond acceptors (Lipinski definition) is 7. The molecule has 0 radical (unpaired) electrons. The summed E-state index contributed by atoms with van der Waals surface area (Å²) in [5.74, 6) is 1.17. The average Bonchev–Trinajstić information content (AvgIpc) is 3.70. The maximum Gasteiger partial charge on any atom is 0.332 e. The zero-order chi connectivity index (χ0) is 27.5. The Hall–Kier alpha value is -3.60. The van der Waals surface area contributed by atoms with Crippen molar-refractivity contribution in [3.05, 3.63) is 50.3 Å².